The van der Waals surface area contributed by atoms with E-state index >= 15 is 0 Å². The lowest BCUT2D eigenvalue weighted by atomic mass is 9.96. The average Bonchev–Trinajstić information content (AvgIpc) is 3.04. The minimum atomic E-state index is -2.85. The van der Waals surface area contributed by atoms with E-state index in [4.69, 9.17) is 0 Å². The van der Waals surface area contributed by atoms with Gasteiger partial charge in [0, 0.05) is 25.2 Å². The van der Waals surface area contributed by atoms with Crippen LogP contribution < -0.4 is 20.3 Å². The number of urea groups is 1. The maximum atomic E-state index is 12.6. The van der Waals surface area contributed by atoms with Gasteiger partial charge in [-0.05, 0) is 31.4 Å². The highest BCUT2D eigenvalue weighted by atomic mass is 19.3. The van der Waals surface area contributed by atoms with E-state index in [2.05, 4.69) is 15.4 Å². The zero-order chi connectivity index (χ0) is 17.6. The van der Waals surface area contributed by atoms with Crippen LogP contribution in [0.15, 0.2) is 24.3 Å². The number of nitrogens with zero attached hydrogens (tertiary/aromatic N) is 1. The van der Waals surface area contributed by atoms with E-state index in [1.54, 1.807) is 18.2 Å². The van der Waals surface area contributed by atoms with Crippen LogP contribution in [0.1, 0.15) is 38.5 Å². The van der Waals surface area contributed by atoms with Crippen LogP contribution in [-0.2, 0) is 0 Å². The van der Waals surface area contributed by atoms with Gasteiger partial charge < -0.3 is 20.3 Å². The second kappa shape index (κ2) is 8.36. The maximum Gasteiger partial charge on any atom is 0.387 e. The van der Waals surface area contributed by atoms with Crippen molar-refractivity contribution in [3.05, 3.63) is 24.3 Å². The summed E-state index contributed by atoms with van der Waals surface area (Å²) in [7, 11) is 0. The monoisotopic (exact) mass is 353 g/mol. The van der Waals surface area contributed by atoms with Gasteiger partial charge in [-0.2, -0.15) is 8.78 Å². The molecule has 1 aliphatic carbocycles. The van der Waals surface area contributed by atoms with Crippen LogP contribution in [0.4, 0.5) is 19.3 Å². The Morgan fingerprint density at radius 3 is 2.56 bits per heavy atom. The number of hydrogen-bond donors (Lipinski definition) is 2. The highest BCUT2D eigenvalue weighted by Gasteiger charge is 2.27. The molecule has 2 aliphatic rings. The van der Waals surface area contributed by atoms with Crippen LogP contribution in [0, 0.1) is 0 Å². The Morgan fingerprint density at radius 2 is 1.80 bits per heavy atom. The standard InChI is InChI=1S/C18H25F2N3O2/c19-17(20)25-16-9-5-4-8-15(16)23-11-10-14(12-23)22-18(24)21-13-6-2-1-3-7-13/h4-5,8-9,13-14,17H,1-3,6-7,10-12H2,(H2,21,22,24). The molecule has 138 valence electrons. The summed E-state index contributed by atoms with van der Waals surface area (Å²) in [5.74, 6) is 0.171. The van der Waals surface area contributed by atoms with Gasteiger partial charge in [0.05, 0.1) is 5.69 Å². The fourth-order valence-electron chi connectivity index (χ4n) is 3.67. The first-order valence-corrected chi connectivity index (χ1v) is 8.97. The van der Waals surface area contributed by atoms with Gasteiger partial charge in [0.1, 0.15) is 5.75 Å². The number of rotatable bonds is 5. The van der Waals surface area contributed by atoms with Crippen LogP contribution in [0.25, 0.3) is 0 Å². The Bertz CT molecular complexity index is 579. The average molecular weight is 353 g/mol. The Balaban J connectivity index is 1.52. The summed E-state index contributed by atoms with van der Waals surface area (Å²) in [6.07, 6.45) is 6.45. The molecule has 2 fully saturated rings. The first-order valence-electron chi connectivity index (χ1n) is 8.97. The Morgan fingerprint density at radius 1 is 1.08 bits per heavy atom. The SMILES string of the molecule is O=C(NC1CCCCC1)NC1CCN(c2ccccc2OC(F)F)C1. The van der Waals surface area contributed by atoms with E-state index < -0.39 is 6.61 Å². The summed E-state index contributed by atoms with van der Waals surface area (Å²) in [5, 5.41) is 6.05. The van der Waals surface area contributed by atoms with Crippen LogP contribution in [-0.4, -0.2) is 37.8 Å². The van der Waals surface area contributed by atoms with Crippen molar-refractivity contribution in [2.24, 2.45) is 0 Å². The predicted octanol–water partition coefficient (Wildman–Crippen LogP) is 3.50. The lowest BCUT2D eigenvalue weighted by Gasteiger charge is -2.24. The van der Waals surface area contributed by atoms with Gasteiger partial charge in [0.15, 0.2) is 0 Å². The molecule has 2 N–H and O–H groups in total. The van der Waals surface area contributed by atoms with Gasteiger partial charge in [-0.25, -0.2) is 4.79 Å². The van der Waals surface area contributed by atoms with E-state index in [0.717, 1.165) is 19.3 Å². The Hall–Kier alpha value is -2.05. The minimum Gasteiger partial charge on any atom is -0.433 e. The Labute approximate surface area is 146 Å². The first-order chi connectivity index (χ1) is 12.1. The molecule has 2 amide bonds. The van der Waals surface area contributed by atoms with Crippen LogP contribution in [0.3, 0.4) is 0 Å². The van der Waals surface area contributed by atoms with Gasteiger partial charge >= 0.3 is 12.6 Å². The molecule has 1 aromatic rings. The number of ether oxygens (including phenoxy) is 1. The molecule has 5 nitrogen and oxygen atoms in total. The molecule has 1 unspecified atom stereocenters. The quantitative estimate of drug-likeness (QED) is 0.852. The molecule has 0 aromatic heterocycles. The van der Waals surface area contributed by atoms with Crippen LogP contribution >= 0.6 is 0 Å². The normalized spacial score (nSPS) is 21.4. The van der Waals surface area contributed by atoms with Gasteiger partial charge in [0.2, 0.25) is 0 Å². The van der Waals surface area contributed by atoms with Crippen molar-refractivity contribution in [1.29, 1.82) is 0 Å². The number of amides is 2. The van der Waals surface area contributed by atoms with Crippen molar-refractivity contribution in [3.63, 3.8) is 0 Å². The van der Waals surface area contributed by atoms with E-state index in [-0.39, 0.29) is 23.9 Å². The minimum absolute atomic E-state index is 0.00296. The lowest BCUT2D eigenvalue weighted by molar-refractivity contribution is -0.0495. The van der Waals surface area contributed by atoms with Gasteiger partial charge in [-0.1, -0.05) is 31.4 Å². The zero-order valence-corrected chi connectivity index (χ0v) is 14.2. The fourth-order valence-corrected chi connectivity index (χ4v) is 3.67. The van der Waals surface area contributed by atoms with Crippen molar-refractivity contribution < 1.29 is 18.3 Å². The number of carbonyl (C=O) groups excluding carboxylic acids is 1. The number of alkyl halides is 2. The van der Waals surface area contributed by atoms with E-state index in [1.807, 2.05) is 4.90 Å². The van der Waals surface area contributed by atoms with Crippen LogP contribution in [0.2, 0.25) is 0 Å². The highest BCUT2D eigenvalue weighted by Crippen LogP contribution is 2.31. The molecule has 7 heteroatoms. The van der Waals surface area contributed by atoms with Crippen molar-refractivity contribution in [2.75, 3.05) is 18.0 Å². The Kier molecular flexibility index (Phi) is 5.94. The molecule has 25 heavy (non-hydrogen) atoms. The number of halogens is 2. The summed E-state index contributed by atoms with van der Waals surface area (Å²) >= 11 is 0. The molecule has 1 atom stereocenters. The fraction of sp³-hybridized carbons (Fsp3) is 0.611. The van der Waals surface area contributed by atoms with E-state index in [1.165, 1.54) is 25.3 Å². The number of anilines is 1. The summed E-state index contributed by atoms with van der Waals surface area (Å²) < 4.78 is 29.7. The molecule has 1 heterocycles. The lowest BCUT2D eigenvalue weighted by Crippen LogP contribution is -2.47. The molecule has 1 saturated carbocycles. The highest BCUT2D eigenvalue weighted by molar-refractivity contribution is 5.75. The molecule has 1 aromatic carbocycles. The van der Waals surface area contributed by atoms with Crippen molar-refractivity contribution in [2.45, 2.75) is 57.2 Å². The predicted molar refractivity (Wildman–Crippen MR) is 92.2 cm³/mol. The number of nitrogens with one attached hydrogen (secondary N) is 2. The first kappa shape index (κ1) is 17.8. The van der Waals surface area contributed by atoms with Crippen LogP contribution in [0.5, 0.6) is 5.75 Å². The largest absolute Gasteiger partial charge is 0.433 e. The van der Waals surface area contributed by atoms with Crippen molar-refractivity contribution in [3.8, 4) is 5.75 Å². The van der Waals surface area contributed by atoms with Crippen molar-refractivity contribution in [1.82, 2.24) is 10.6 Å². The number of para-hydroxylation sites is 2. The molecule has 1 aliphatic heterocycles. The summed E-state index contributed by atoms with van der Waals surface area (Å²) in [6, 6.07) is 6.92. The smallest absolute Gasteiger partial charge is 0.387 e. The van der Waals surface area contributed by atoms with Crippen molar-refractivity contribution >= 4 is 11.7 Å². The van der Waals surface area contributed by atoms with Gasteiger partial charge in [-0.3, -0.25) is 0 Å². The van der Waals surface area contributed by atoms with E-state index in [9.17, 15) is 13.6 Å². The third kappa shape index (κ3) is 4.96. The molecule has 0 spiro atoms. The molecule has 0 radical (unpaired) electrons. The summed E-state index contributed by atoms with van der Waals surface area (Å²) in [5.41, 5.74) is 0.639. The number of carbonyl (C=O) groups is 1. The second-order valence-electron chi connectivity index (χ2n) is 6.73. The zero-order valence-electron chi connectivity index (χ0n) is 14.2. The molecule has 3 rings (SSSR count). The van der Waals surface area contributed by atoms with E-state index in [0.29, 0.717) is 18.8 Å². The molecular formula is C18H25F2N3O2. The molecular weight excluding hydrogens is 328 g/mol. The number of benzene rings is 1. The third-order valence-electron chi connectivity index (χ3n) is 4.89. The molecule has 1 saturated heterocycles. The maximum absolute atomic E-state index is 12.6. The van der Waals surface area contributed by atoms with Gasteiger partial charge in [0.25, 0.3) is 0 Å². The summed E-state index contributed by atoms with van der Waals surface area (Å²) in [4.78, 5) is 14.1. The molecule has 0 bridgehead atoms. The summed E-state index contributed by atoms with van der Waals surface area (Å²) in [6.45, 7) is -1.57. The second-order valence-corrected chi connectivity index (χ2v) is 6.73. The number of hydrogen-bond acceptors (Lipinski definition) is 3. The van der Waals surface area contributed by atoms with Gasteiger partial charge in [-0.15, -0.1) is 0 Å². The topological polar surface area (TPSA) is 53.6 Å². The third-order valence-corrected chi connectivity index (χ3v) is 4.89.